The number of hydrogen-bond acceptors (Lipinski definition) is 4. The summed E-state index contributed by atoms with van der Waals surface area (Å²) < 4.78 is 0. The highest BCUT2D eigenvalue weighted by Crippen LogP contribution is 2.10. The highest BCUT2D eigenvalue weighted by atomic mass is 16.3. The lowest BCUT2D eigenvalue weighted by Crippen LogP contribution is -2.43. The molecule has 6 nitrogen and oxygen atoms in total. The first kappa shape index (κ1) is 16.1. The molecule has 0 radical (unpaired) electrons. The van der Waals surface area contributed by atoms with Gasteiger partial charge in [0.15, 0.2) is 0 Å². The second-order valence-corrected chi connectivity index (χ2v) is 4.99. The van der Waals surface area contributed by atoms with Crippen molar-refractivity contribution in [2.75, 3.05) is 18.5 Å². The number of carbonyl (C=O) groups excluding carboxylic acids is 2. The van der Waals surface area contributed by atoms with Crippen molar-refractivity contribution in [2.24, 2.45) is 0 Å². The van der Waals surface area contributed by atoms with Crippen LogP contribution in [-0.4, -0.2) is 40.8 Å². The lowest BCUT2D eigenvalue weighted by atomic mass is 10.1. The minimum Gasteiger partial charge on any atom is -0.393 e. The zero-order valence-corrected chi connectivity index (χ0v) is 11.6. The highest BCUT2D eigenvalue weighted by Gasteiger charge is 2.19. The lowest BCUT2D eigenvalue weighted by Gasteiger charge is -2.20. The molecule has 0 aliphatic heterocycles. The molecule has 0 saturated heterocycles. The van der Waals surface area contributed by atoms with Gasteiger partial charge in [0.25, 0.3) is 0 Å². The van der Waals surface area contributed by atoms with E-state index < -0.39 is 12.2 Å². The Morgan fingerprint density at radius 3 is 2.35 bits per heavy atom. The van der Waals surface area contributed by atoms with Gasteiger partial charge in [-0.2, -0.15) is 0 Å². The summed E-state index contributed by atoms with van der Waals surface area (Å²) in [5, 5.41) is 23.6. The van der Waals surface area contributed by atoms with Gasteiger partial charge in [-0.3, -0.25) is 9.59 Å². The third-order valence-corrected chi connectivity index (χ3v) is 2.65. The van der Waals surface area contributed by atoms with E-state index in [0.29, 0.717) is 5.69 Å². The van der Waals surface area contributed by atoms with Crippen LogP contribution in [0.4, 0.5) is 5.69 Å². The number of nitrogens with one attached hydrogen (secondary N) is 2. The van der Waals surface area contributed by atoms with Crippen molar-refractivity contribution >= 4 is 17.5 Å². The minimum atomic E-state index is -1.31. The largest absolute Gasteiger partial charge is 0.393 e. The van der Waals surface area contributed by atoms with Crippen LogP contribution in [0.3, 0.4) is 0 Å². The van der Waals surface area contributed by atoms with Crippen LogP contribution in [0.5, 0.6) is 0 Å². The molecule has 1 rings (SSSR count). The zero-order chi connectivity index (χ0) is 15.2. The van der Waals surface area contributed by atoms with Crippen LogP contribution in [-0.2, 0) is 16.0 Å². The Hall–Kier alpha value is -1.92. The Kier molecular flexibility index (Phi) is 5.66. The highest BCUT2D eigenvalue weighted by molar-refractivity contribution is 5.88. The molecule has 0 saturated carbocycles. The van der Waals surface area contributed by atoms with Gasteiger partial charge in [-0.05, 0) is 24.6 Å². The van der Waals surface area contributed by atoms with Gasteiger partial charge in [0, 0.05) is 19.2 Å². The number of amides is 2. The van der Waals surface area contributed by atoms with Crippen LogP contribution in [0, 0.1) is 0 Å². The topological polar surface area (TPSA) is 98.7 Å². The quantitative estimate of drug-likeness (QED) is 0.591. The number of carbonyl (C=O) groups is 2. The van der Waals surface area contributed by atoms with E-state index in [1.165, 1.54) is 13.8 Å². The maximum atomic E-state index is 11.7. The van der Waals surface area contributed by atoms with Crippen molar-refractivity contribution < 1.29 is 19.8 Å². The Morgan fingerprint density at radius 2 is 1.85 bits per heavy atom. The summed E-state index contributed by atoms with van der Waals surface area (Å²) in [5.41, 5.74) is 0.149. The van der Waals surface area contributed by atoms with E-state index in [2.05, 4.69) is 10.6 Å². The fourth-order valence-electron chi connectivity index (χ4n) is 1.50. The molecule has 1 unspecified atom stereocenters. The maximum absolute atomic E-state index is 11.7. The Labute approximate surface area is 117 Å². The molecular weight excluding hydrogens is 260 g/mol. The molecule has 0 heterocycles. The number of aliphatic hydroxyl groups is 2. The van der Waals surface area contributed by atoms with E-state index in [1.807, 2.05) is 0 Å². The van der Waals surface area contributed by atoms with Crippen LogP contribution in [0.2, 0.25) is 0 Å². The van der Waals surface area contributed by atoms with Crippen LogP contribution < -0.4 is 10.6 Å². The van der Waals surface area contributed by atoms with Crippen LogP contribution >= 0.6 is 0 Å². The van der Waals surface area contributed by atoms with Gasteiger partial charge in [0.05, 0.1) is 13.0 Å². The van der Waals surface area contributed by atoms with E-state index in [9.17, 15) is 14.7 Å². The van der Waals surface area contributed by atoms with Crippen molar-refractivity contribution in [1.82, 2.24) is 5.32 Å². The SMILES string of the molecule is CC(=O)Nc1ccc(CC(=O)NCC(C)(O)CO)cc1. The molecule has 110 valence electrons. The molecule has 4 N–H and O–H groups in total. The van der Waals surface area contributed by atoms with E-state index in [4.69, 9.17) is 5.11 Å². The van der Waals surface area contributed by atoms with Gasteiger partial charge in [0.1, 0.15) is 5.60 Å². The van der Waals surface area contributed by atoms with Gasteiger partial charge in [-0.15, -0.1) is 0 Å². The predicted molar refractivity (Wildman–Crippen MR) is 75.2 cm³/mol. The Bertz CT molecular complexity index is 469. The zero-order valence-electron chi connectivity index (χ0n) is 11.6. The molecular formula is C14H20N2O4. The van der Waals surface area contributed by atoms with Crippen LogP contribution in [0.25, 0.3) is 0 Å². The summed E-state index contributed by atoms with van der Waals surface area (Å²) >= 11 is 0. The van der Waals surface area contributed by atoms with Gasteiger partial charge in [-0.1, -0.05) is 12.1 Å². The van der Waals surface area contributed by atoms with E-state index in [1.54, 1.807) is 24.3 Å². The standard InChI is InChI=1S/C14H20N2O4/c1-10(18)16-12-5-3-11(4-6-12)7-13(19)15-8-14(2,20)9-17/h3-6,17,20H,7-9H2,1-2H3,(H,15,19)(H,16,18). The first-order valence-electron chi connectivity index (χ1n) is 6.29. The van der Waals surface area contributed by atoms with Crippen molar-refractivity contribution in [1.29, 1.82) is 0 Å². The third-order valence-electron chi connectivity index (χ3n) is 2.65. The normalized spacial score (nSPS) is 13.4. The van der Waals surface area contributed by atoms with Crippen molar-refractivity contribution in [3.8, 4) is 0 Å². The molecule has 0 aliphatic rings. The molecule has 0 bridgehead atoms. The second kappa shape index (κ2) is 7.02. The molecule has 2 amide bonds. The molecule has 1 atom stereocenters. The fraction of sp³-hybridized carbons (Fsp3) is 0.429. The predicted octanol–water partition coefficient (Wildman–Crippen LogP) is 0.0470. The minimum absolute atomic E-state index is 0.00763. The van der Waals surface area contributed by atoms with Gasteiger partial charge < -0.3 is 20.8 Å². The first-order chi connectivity index (χ1) is 9.32. The lowest BCUT2D eigenvalue weighted by molar-refractivity contribution is -0.122. The Balaban J connectivity index is 2.48. The summed E-state index contributed by atoms with van der Waals surface area (Å²) in [5.74, 6) is -0.396. The van der Waals surface area contributed by atoms with Gasteiger partial charge in [0.2, 0.25) is 11.8 Å². The molecule has 0 aromatic heterocycles. The third kappa shape index (κ3) is 5.81. The number of benzene rings is 1. The smallest absolute Gasteiger partial charge is 0.224 e. The molecule has 0 fully saturated rings. The number of anilines is 1. The molecule has 0 spiro atoms. The maximum Gasteiger partial charge on any atom is 0.224 e. The summed E-state index contributed by atoms with van der Waals surface area (Å²) in [4.78, 5) is 22.5. The summed E-state index contributed by atoms with van der Waals surface area (Å²) in [6, 6.07) is 6.92. The molecule has 1 aromatic carbocycles. The van der Waals surface area contributed by atoms with Gasteiger partial charge >= 0.3 is 0 Å². The number of rotatable bonds is 6. The fourth-order valence-corrected chi connectivity index (χ4v) is 1.50. The molecule has 1 aromatic rings. The van der Waals surface area contributed by atoms with Crippen molar-refractivity contribution in [3.63, 3.8) is 0 Å². The average Bonchev–Trinajstić information content (AvgIpc) is 2.38. The monoisotopic (exact) mass is 280 g/mol. The second-order valence-electron chi connectivity index (χ2n) is 4.99. The van der Waals surface area contributed by atoms with Gasteiger partial charge in [-0.25, -0.2) is 0 Å². The average molecular weight is 280 g/mol. The molecule has 6 heteroatoms. The van der Waals surface area contributed by atoms with Crippen molar-refractivity contribution in [2.45, 2.75) is 25.9 Å². The first-order valence-corrected chi connectivity index (χ1v) is 6.29. The van der Waals surface area contributed by atoms with Crippen LogP contribution in [0.1, 0.15) is 19.4 Å². The number of hydrogen-bond donors (Lipinski definition) is 4. The summed E-state index contributed by atoms with van der Waals surface area (Å²) in [6.07, 6.45) is 0.169. The summed E-state index contributed by atoms with van der Waals surface area (Å²) in [7, 11) is 0. The Morgan fingerprint density at radius 1 is 1.25 bits per heavy atom. The van der Waals surface area contributed by atoms with E-state index in [-0.39, 0.29) is 24.8 Å². The van der Waals surface area contributed by atoms with Crippen molar-refractivity contribution in [3.05, 3.63) is 29.8 Å². The number of aliphatic hydroxyl groups excluding tert-OH is 1. The molecule has 20 heavy (non-hydrogen) atoms. The molecule has 0 aliphatic carbocycles. The van der Waals surface area contributed by atoms with Crippen LogP contribution in [0.15, 0.2) is 24.3 Å². The van der Waals surface area contributed by atoms with E-state index in [0.717, 1.165) is 5.56 Å². The van der Waals surface area contributed by atoms with E-state index >= 15 is 0 Å². The summed E-state index contributed by atoms with van der Waals surface area (Å²) in [6.45, 7) is 2.44.